The van der Waals surface area contributed by atoms with Gasteiger partial charge in [0.2, 0.25) is 5.43 Å². The number of hydrogen-bond acceptors (Lipinski definition) is 6. The fourth-order valence-electron chi connectivity index (χ4n) is 2.34. The quantitative estimate of drug-likeness (QED) is 0.551. The zero-order valence-electron chi connectivity index (χ0n) is 12.2. The Hall–Kier alpha value is -2.87. The number of carbonyl (C=O) groups excluding carboxylic acids is 1. The molecule has 7 nitrogen and oxygen atoms in total. The summed E-state index contributed by atoms with van der Waals surface area (Å²) in [6, 6.07) is 9.08. The van der Waals surface area contributed by atoms with E-state index in [2.05, 4.69) is 9.97 Å². The first-order valence-electron chi connectivity index (χ1n) is 6.65. The lowest BCUT2D eigenvalue weighted by Crippen LogP contribution is -2.27. The van der Waals surface area contributed by atoms with Gasteiger partial charge in [-0.15, -0.1) is 0 Å². The summed E-state index contributed by atoms with van der Waals surface area (Å²) in [7, 11) is 0. The molecule has 0 saturated carbocycles. The lowest BCUT2D eigenvalue weighted by molar-refractivity contribution is 0.1000. The fourth-order valence-corrected chi connectivity index (χ4v) is 2.68. The maximum Gasteiger partial charge on any atom is 0.256 e. The van der Waals surface area contributed by atoms with Gasteiger partial charge in [-0.1, -0.05) is 30.0 Å². The van der Waals surface area contributed by atoms with Gasteiger partial charge in [0.25, 0.3) is 5.91 Å². The van der Waals surface area contributed by atoms with Crippen LogP contribution in [-0.4, -0.2) is 26.7 Å². The van der Waals surface area contributed by atoms with Crippen molar-refractivity contribution in [3.05, 3.63) is 52.3 Å². The molecule has 2 aromatic heterocycles. The number of benzene rings is 1. The molecule has 0 spiro atoms. The predicted octanol–water partition coefficient (Wildman–Crippen LogP) is 1.18. The molecule has 2 heterocycles. The van der Waals surface area contributed by atoms with E-state index in [1.165, 1.54) is 22.5 Å². The number of carbonyl (C=O) groups is 1. The van der Waals surface area contributed by atoms with Crippen LogP contribution in [0.2, 0.25) is 0 Å². The van der Waals surface area contributed by atoms with Crippen LogP contribution in [0.25, 0.3) is 16.7 Å². The Bertz CT molecular complexity index is 969. The van der Waals surface area contributed by atoms with Crippen LogP contribution in [0.1, 0.15) is 10.4 Å². The number of fused-ring (bicyclic) bond motifs is 1. The first-order valence-corrected chi connectivity index (χ1v) is 7.87. The van der Waals surface area contributed by atoms with E-state index in [-0.39, 0.29) is 16.8 Å². The molecule has 3 aromatic rings. The van der Waals surface area contributed by atoms with Crippen LogP contribution >= 0.6 is 11.8 Å². The molecule has 0 atom stereocenters. The zero-order chi connectivity index (χ0) is 16.6. The number of nitrogens with zero attached hydrogens (tertiary/aromatic N) is 3. The molecule has 0 aliphatic heterocycles. The Morgan fingerprint density at radius 3 is 2.57 bits per heavy atom. The molecule has 0 radical (unpaired) electrons. The van der Waals surface area contributed by atoms with Gasteiger partial charge in [-0.2, -0.15) is 0 Å². The van der Waals surface area contributed by atoms with Crippen LogP contribution in [0.15, 0.2) is 46.5 Å². The first kappa shape index (κ1) is 15.0. The Morgan fingerprint density at radius 1 is 1.26 bits per heavy atom. The largest absolute Gasteiger partial charge is 0.384 e. The monoisotopic (exact) mass is 327 g/mol. The van der Waals surface area contributed by atoms with Gasteiger partial charge in [0, 0.05) is 11.9 Å². The molecule has 116 valence electrons. The molecule has 23 heavy (non-hydrogen) atoms. The topological polar surface area (TPSA) is 117 Å². The Kier molecular flexibility index (Phi) is 3.75. The smallest absolute Gasteiger partial charge is 0.256 e. The van der Waals surface area contributed by atoms with Gasteiger partial charge < -0.3 is 11.5 Å². The van der Waals surface area contributed by atoms with Gasteiger partial charge in [0.1, 0.15) is 11.4 Å². The number of pyridine rings is 1. The van der Waals surface area contributed by atoms with Crippen molar-refractivity contribution >= 4 is 34.5 Å². The van der Waals surface area contributed by atoms with Crippen molar-refractivity contribution in [1.82, 2.24) is 14.5 Å². The molecular formula is C15H13N5O2S. The van der Waals surface area contributed by atoms with E-state index >= 15 is 0 Å². The number of rotatable bonds is 3. The average Bonchev–Trinajstić information content (AvgIpc) is 2.55. The minimum Gasteiger partial charge on any atom is -0.384 e. The first-order chi connectivity index (χ1) is 11.0. The minimum atomic E-state index is -0.881. The second-order valence-electron chi connectivity index (χ2n) is 4.72. The number of thioether (sulfide) groups is 1. The summed E-state index contributed by atoms with van der Waals surface area (Å²) in [6.07, 6.45) is 3.22. The third-order valence-electron chi connectivity index (χ3n) is 3.37. The fraction of sp³-hybridized carbons (Fsp3) is 0.0667. The second kappa shape index (κ2) is 5.73. The number of para-hydroxylation sites is 1. The van der Waals surface area contributed by atoms with Gasteiger partial charge in [0.15, 0.2) is 10.8 Å². The van der Waals surface area contributed by atoms with Crippen molar-refractivity contribution in [2.24, 2.45) is 5.73 Å². The standard InChI is InChI=1S/C15H13N5O2S/c1-23-15-18-7-9-11(21)10(13(17)22)12(16)20(14(9)19-15)8-5-3-2-4-6-8/h2-7H,16H2,1H3,(H2,17,22). The highest BCUT2D eigenvalue weighted by Crippen LogP contribution is 2.23. The van der Waals surface area contributed by atoms with Gasteiger partial charge >= 0.3 is 0 Å². The van der Waals surface area contributed by atoms with Crippen LogP contribution < -0.4 is 16.9 Å². The maximum atomic E-state index is 12.5. The maximum absolute atomic E-state index is 12.5. The van der Waals surface area contributed by atoms with Crippen molar-refractivity contribution in [2.75, 3.05) is 12.0 Å². The number of nitrogens with two attached hydrogens (primary N) is 2. The molecule has 0 bridgehead atoms. The van der Waals surface area contributed by atoms with E-state index < -0.39 is 11.3 Å². The van der Waals surface area contributed by atoms with Crippen LogP contribution in [0.4, 0.5) is 5.82 Å². The summed E-state index contributed by atoms with van der Waals surface area (Å²) in [5.41, 5.74) is 11.6. The van der Waals surface area contributed by atoms with Gasteiger partial charge in [0.05, 0.1) is 5.39 Å². The predicted molar refractivity (Wildman–Crippen MR) is 89.8 cm³/mol. The summed E-state index contributed by atoms with van der Waals surface area (Å²) in [4.78, 5) is 32.6. The molecule has 1 amide bonds. The lowest BCUT2D eigenvalue weighted by Gasteiger charge is -2.16. The minimum absolute atomic E-state index is 0.0352. The summed E-state index contributed by atoms with van der Waals surface area (Å²) < 4.78 is 1.54. The highest BCUT2D eigenvalue weighted by Gasteiger charge is 2.21. The van der Waals surface area contributed by atoms with Crippen molar-refractivity contribution in [3.8, 4) is 5.69 Å². The van der Waals surface area contributed by atoms with E-state index in [9.17, 15) is 9.59 Å². The normalized spacial score (nSPS) is 10.8. The third kappa shape index (κ3) is 2.42. The molecule has 0 aliphatic rings. The number of anilines is 1. The molecule has 1 aromatic carbocycles. The molecule has 0 unspecified atom stereocenters. The molecule has 0 fully saturated rings. The summed E-state index contributed by atoms with van der Waals surface area (Å²) in [5, 5.41) is 0.683. The van der Waals surface area contributed by atoms with E-state index in [0.29, 0.717) is 16.5 Å². The SMILES string of the molecule is CSc1ncc2c(=O)c(C(N)=O)c(N)n(-c3ccccc3)c2n1. The van der Waals surface area contributed by atoms with Gasteiger partial charge in [-0.3, -0.25) is 14.2 Å². The molecule has 3 rings (SSSR count). The summed E-state index contributed by atoms with van der Waals surface area (Å²) >= 11 is 1.34. The highest BCUT2D eigenvalue weighted by atomic mass is 32.2. The Labute approximate surface area is 135 Å². The number of amides is 1. The van der Waals surface area contributed by atoms with E-state index in [0.717, 1.165) is 0 Å². The van der Waals surface area contributed by atoms with Gasteiger partial charge in [-0.05, 0) is 18.4 Å². The molecule has 8 heteroatoms. The number of aromatic nitrogens is 3. The molecular weight excluding hydrogens is 314 g/mol. The lowest BCUT2D eigenvalue weighted by atomic mass is 10.1. The molecule has 0 aliphatic carbocycles. The Morgan fingerprint density at radius 2 is 1.96 bits per heavy atom. The Balaban J connectivity index is 2.53. The highest BCUT2D eigenvalue weighted by molar-refractivity contribution is 7.98. The average molecular weight is 327 g/mol. The van der Waals surface area contributed by atoms with Crippen molar-refractivity contribution in [3.63, 3.8) is 0 Å². The van der Waals surface area contributed by atoms with Crippen molar-refractivity contribution in [2.45, 2.75) is 5.16 Å². The van der Waals surface area contributed by atoms with Crippen LogP contribution in [0.3, 0.4) is 0 Å². The summed E-state index contributed by atoms with van der Waals surface area (Å²) in [6.45, 7) is 0. The van der Waals surface area contributed by atoms with Crippen LogP contribution in [0.5, 0.6) is 0 Å². The van der Waals surface area contributed by atoms with E-state index in [1.807, 2.05) is 24.5 Å². The van der Waals surface area contributed by atoms with E-state index in [1.54, 1.807) is 12.1 Å². The number of hydrogen-bond donors (Lipinski definition) is 2. The van der Waals surface area contributed by atoms with E-state index in [4.69, 9.17) is 11.5 Å². The van der Waals surface area contributed by atoms with Crippen LogP contribution in [-0.2, 0) is 0 Å². The number of nitrogen functional groups attached to an aromatic ring is 1. The second-order valence-corrected chi connectivity index (χ2v) is 5.49. The third-order valence-corrected chi connectivity index (χ3v) is 3.93. The van der Waals surface area contributed by atoms with Gasteiger partial charge in [-0.25, -0.2) is 9.97 Å². The van der Waals surface area contributed by atoms with Crippen molar-refractivity contribution < 1.29 is 4.79 Å². The molecule has 4 N–H and O–H groups in total. The number of primary amides is 1. The zero-order valence-corrected chi connectivity index (χ0v) is 13.0. The van der Waals surface area contributed by atoms with Crippen molar-refractivity contribution in [1.29, 1.82) is 0 Å². The molecule has 0 saturated heterocycles. The van der Waals surface area contributed by atoms with Crippen LogP contribution in [0, 0.1) is 0 Å². The summed E-state index contributed by atoms with van der Waals surface area (Å²) in [5.74, 6) is -0.917.